The first kappa shape index (κ1) is 14.8. The summed E-state index contributed by atoms with van der Waals surface area (Å²) in [6.45, 7) is -0.00459. The van der Waals surface area contributed by atoms with Crippen molar-refractivity contribution < 1.29 is 23.1 Å². The van der Waals surface area contributed by atoms with E-state index in [4.69, 9.17) is 9.15 Å². The molecule has 1 heterocycles. The fraction of sp³-hybridized carbons (Fsp3) is 0.125. The summed E-state index contributed by atoms with van der Waals surface area (Å²) in [6, 6.07) is 11.3. The number of halogens is 1. The number of carbonyl (C=O) groups excluding carboxylic acids is 1. The Morgan fingerprint density at radius 3 is 2.87 bits per heavy atom. The van der Waals surface area contributed by atoms with Crippen molar-refractivity contribution in [3.8, 4) is 5.75 Å². The Kier molecular flexibility index (Phi) is 4.09. The number of nitrogens with one attached hydrogen (secondary N) is 1. The highest BCUT2D eigenvalue weighted by atomic mass is 19.1. The SMILES string of the molecule is COC(=O)Nc1ccc(OCc2nc3ccccc3o2)c(F)c1. The van der Waals surface area contributed by atoms with Crippen LogP contribution in [0, 0.1) is 5.82 Å². The Bertz CT molecular complexity index is 814. The van der Waals surface area contributed by atoms with Gasteiger partial charge in [0.1, 0.15) is 5.52 Å². The molecule has 0 fully saturated rings. The van der Waals surface area contributed by atoms with Gasteiger partial charge in [-0.3, -0.25) is 5.32 Å². The van der Waals surface area contributed by atoms with Crippen LogP contribution in [0.3, 0.4) is 0 Å². The third-order valence-electron chi connectivity index (χ3n) is 3.05. The maximum atomic E-state index is 13.9. The standard InChI is InChI=1S/C16H13FN2O4/c1-21-16(20)18-10-6-7-13(11(17)8-10)22-9-15-19-12-4-2-3-5-14(12)23-15/h2-8H,9H2,1H3,(H,18,20). The van der Waals surface area contributed by atoms with E-state index in [1.807, 2.05) is 18.2 Å². The van der Waals surface area contributed by atoms with Crippen LogP contribution in [-0.4, -0.2) is 18.2 Å². The number of benzene rings is 2. The summed E-state index contributed by atoms with van der Waals surface area (Å²) in [7, 11) is 1.23. The number of carbonyl (C=O) groups is 1. The van der Waals surface area contributed by atoms with Crippen molar-refractivity contribution in [3.05, 3.63) is 54.2 Å². The first-order chi connectivity index (χ1) is 11.2. The van der Waals surface area contributed by atoms with Crippen LogP contribution < -0.4 is 10.1 Å². The molecule has 1 N–H and O–H groups in total. The maximum absolute atomic E-state index is 13.9. The molecule has 0 saturated carbocycles. The van der Waals surface area contributed by atoms with E-state index in [2.05, 4.69) is 15.0 Å². The molecule has 0 radical (unpaired) electrons. The average molecular weight is 316 g/mol. The molecule has 0 unspecified atom stereocenters. The molecule has 6 nitrogen and oxygen atoms in total. The fourth-order valence-corrected chi connectivity index (χ4v) is 1.99. The van der Waals surface area contributed by atoms with Gasteiger partial charge in [-0.05, 0) is 24.3 Å². The van der Waals surface area contributed by atoms with Gasteiger partial charge in [0.15, 0.2) is 23.8 Å². The van der Waals surface area contributed by atoms with E-state index in [-0.39, 0.29) is 18.0 Å². The number of aromatic nitrogens is 1. The minimum Gasteiger partial charge on any atom is -0.481 e. The van der Waals surface area contributed by atoms with Crippen molar-refractivity contribution in [2.24, 2.45) is 0 Å². The second-order valence-corrected chi connectivity index (χ2v) is 4.63. The van der Waals surface area contributed by atoms with Gasteiger partial charge in [-0.25, -0.2) is 14.2 Å². The Morgan fingerprint density at radius 1 is 1.30 bits per heavy atom. The van der Waals surface area contributed by atoms with Gasteiger partial charge in [0.25, 0.3) is 0 Å². The molecule has 0 aliphatic carbocycles. The lowest BCUT2D eigenvalue weighted by Crippen LogP contribution is -2.11. The summed E-state index contributed by atoms with van der Waals surface area (Å²) in [5, 5.41) is 2.36. The third kappa shape index (κ3) is 3.39. The Morgan fingerprint density at radius 2 is 2.13 bits per heavy atom. The average Bonchev–Trinajstić information content (AvgIpc) is 2.96. The maximum Gasteiger partial charge on any atom is 0.411 e. The fourth-order valence-electron chi connectivity index (χ4n) is 1.99. The molecular formula is C16H13FN2O4. The monoisotopic (exact) mass is 316 g/mol. The Labute approximate surface area is 130 Å². The molecule has 1 amide bonds. The Balaban J connectivity index is 1.69. The third-order valence-corrected chi connectivity index (χ3v) is 3.05. The minimum atomic E-state index is -0.676. The van der Waals surface area contributed by atoms with Crippen molar-refractivity contribution in [1.82, 2.24) is 4.98 Å². The van der Waals surface area contributed by atoms with Gasteiger partial charge in [0.2, 0.25) is 5.89 Å². The molecule has 0 spiro atoms. The number of para-hydroxylation sites is 2. The molecule has 118 valence electrons. The molecule has 0 saturated heterocycles. The molecule has 3 rings (SSSR count). The zero-order chi connectivity index (χ0) is 16.2. The second-order valence-electron chi connectivity index (χ2n) is 4.63. The number of oxazole rings is 1. The zero-order valence-electron chi connectivity index (χ0n) is 12.2. The Hall–Kier alpha value is -3.09. The highest BCUT2D eigenvalue weighted by Gasteiger charge is 2.10. The number of ether oxygens (including phenoxy) is 2. The molecule has 0 aliphatic heterocycles. The highest BCUT2D eigenvalue weighted by molar-refractivity contribution is 5.84. The highest BCUT2D eigenvalue weighted by Crippen LogP contribution is 2.23. The summed E-state index contributed by atoms with van der Waals surface area (Å²) < 4.78 is 29.2. The minimum absolute atomic E-state index is 0.00459. The lowest BCUT2D eigenvalue weighted by Gasteiger charge is -2.07. The topological polar surface area (TPSA) is 73.6 Å². The van der Waals surface area contributed by atoms with E-state index in [0.29, 0.717) is 17.0 Å². The van der Waals surface area contributed by atoms with Crippen LogP contribution in [-0.2, 0) is 11.3 Å². The van der Waals surface area contributed by atoms with E-state index >= 15 is 0 Å². The molecule has 0 aliphatic rings. The van der Waals surface area contributed by atoms with Crippen LogP contribution in [0.2, 0.25) is 0 Å². The van der Waals surface area contributed by atoms with E-state index in [0.717, 1.165) is 6.07 Å². The molecule has 3 aromatic rings. The number of rotatable bonds is 4. The number of amides is 1. The zero-order valence-corrected chi connectivity index (χ0v) is 12.2. The van der Waals surface area contributed by atoms with Crippen LogP contribution in [0.1, 0.15) is 5.89 Å². The smallest absolute Gasteiger partial charge is 0.411 e. The number of fused-ring (bicyclic) bond motifs is 1. The predicted molar refractivity (Wildman–Crippen MR) is 80.8 cm³/mol. The summed E-state index contributed by atoms with van der Waals surface area (Å²) in [5.74, 6) is -0.236. The van der Waals surface area contributed by atoms with Gasteiger partial charge >= 0.3 is 6.09 Å². The number of nitrogens with zero attached hydrogens (tertiary/aromatic N) is 1. The molecule has 1 aromatic heterocycles. The van der Waals surface area contributed by atoms with E-state index in [9.17, 15) is 9.18 Å². The summed E-state index contributed by atoms with van der Waals surface area (Å²) in [4.78, 5) is 15.3. The van der Waals surface area contributed by atoms with Crippen molar-refractivity contribution in [3.63, 3.8) is 0 Å². The van der Waals surface area contributed by atoms with Crippen LogP contribution in [0.25, 0.3) is 11.1 Å². The van der Waals surface area contributed by atoms with Crippen molar-refractivity contribution in [1.29, 1.82) is 0 Å². The van der Waals surface area contributed by atoms with Crippen LogP contribution in [0.4, 0.5) is 14.9 Å². The molecule has 2 aromatic carbocycles. The molecule has 0 atom stereocenters. The van der Waals surface area contributed by atoms with E-state index < -0.39 is 11.9 Å². The molecule has 23 heavy (non-hydrogen) atoms. The quantitative estimate of drug-likeness (QED) is 0.794. The number of hydrogen-bond acceptors (Lipinski definition) is 5. The molecular weight excluding hydrogens is 303 g/mol. The summed E-state index contributed by atoms with van der Waals surface area (Å²) in [5.41, 5.74) is 1.62. The van der Waals surface area contributed by atoms with Crippen LogP contribution >= 0.6 is 0 Å². The summed E-state index contributed by atoms with van der Waals surface area (Å²) >= 11 is 0. The van der Waals surface area contributed by atoms with Crippen LogP contribution in [0.5, 0.6) is 5.75 Å². The number of anilines is 1. The lowest BCUT2D eigenvalue weighted by atomic mass is 10.3. The van der Waals surface area contributed by atoms with Crippen molar-refractivity contribution in [2.45, 2.75) is 6.61 Å². The lowest BCUT2D eigenvalue weighted by molar-refractivity contribution is 0.187. The first-order valence-corrected chi connectivity index (χ1v) is 6.77. The second kappa shape index (κ2) is 6.35. The van der Waals surface area contributed by atoms with Crippen molar-refractivity contribution in [2.75, 3.05) is 12.4 Å². The van der Waals surface area contributed by atoms with E-state index in [1.165, 1.54) is 19.2 Å². The van der Waals surface area contributed by atoms with Gasteiger partial charge < -0.3 is 13.9 Å². The van der Waals surface area contributed by atoms with E-state index in [1.54, 1.807) is 6.07 Å². The summed E-state index contributed by atoms with van der Waals surface area (Å²) in [6.07, 6.45) is -0.676. The van der Waals surface area contributed by atoms with Gasteiger partial charge in [0, 0.05) is 11.8 Å². The van der Waals surface area contributed by atoms with Crippen LogP contribution in [0.15, 0.2) is 46.9 Å². The number of methoxy groups -OCH3 is 1. The first-order valence-electron chi connectivity index (χ1n) is 6.77. The van der Waals surface area contributed by atoms with Gasteiger partial charge in [0.05, 0.1) is 7.11 Å². The van der Waals surface area contributed by atoms with Crippen molar-refractivity contribution >= 4 is 22.9 Å². The largest absolute Gasteiger partial charge is 0.481 e. The normalized spacial score (nSPS) is 10.5. The molecule has 0 bridgehead atoms. The molecule has 7 heteroatoms. The predicted octanol–water partition coefficient (Wildman–Crippen LogP) is 3.72. The van der Waals surface area contributed by atoms with Gasteiger partial charge in [-0.1, -0.05) is 12.1 Å². The van der Waals surface area contributed by atoms with Gasteiger partial charge in [-0.2, -0.15) is 0 Å². The van der Waals surface area contributed by atoms with Gasteiger partial charge in [-0.15, -0.1) is 0 Å². The number of hydrogen-bond donors (Lipinski definition) is 1.